The number of likely N-dealkylation sites (N-methyl/N-ethyl adjacent to an activating group) is 1. The van der Waals surface area contributed by atoms with Crippen LogP contribution in [0.25, 0.3) is 0 Å². The second-order valence-corrected chi connectivity index (χ2v) is 6.90. The third kappa shape index (κ3) is 2.67. The van der Waals surface area contributed by atoms with Crippen molar-refractivity contribution in [3.8, 4) is 24.0 Å². The van der Waals surface area contributed by atoms with Crippen LogP contribution in [0, 0.1) is 62.5 Å². The predicted molar refractivity (Wildman–Crippen MR) is 95.3 cm³/mol. The number of rotatable bonds is 2. The minimum absolute atomic E-state index is 0.157. The molecule has 7 heteroatoms. The molecule has 3 atom stereocenters. The molecule has 1 aromatic carbocycles. The highest BCUT2D eigenvalue weighted by atomic mass is 19.1. The molecule has 0 bridgehead atoms. The summed E-state index contributed by atoms with van der Waals surface area (Å²) in [6.45, 7) is 1.06. The highest BCUT2D eigenvalue weighted by molar-refractivity contribution is 6.00. The van der Waals surface area contributed by atoms with E-state index in [0.29, 0.717) is 24.4 Å². The number of nitrogens with zero attached hydrogens (tertiary/aromatic N) is 4. The summed E-state index contributed by atoms with van der Waals surface area (Å²) in [6.07, 6.45) is 1.86. The number of nitrogens with one attached hydrogen (secondary N) is 1. The van der Waals surface area contributed by atoms with E-state index in [1.54, 1.807) is 0 Å². The fourth-order valence-corrected chi connectivity index (χ4v) is 4.18. The first-order valence-corrected chi connectivity index (χ1v) is 8.46. The molecule has 1 heterocycles. The molecule has 2 aliphatic rings. The van der Waals surface area contributed by atoms with Crippen LogP contribution in [0.3, 0.4) is 0 Å². The molecule has 0 radical (unpaired) electrons. The lowest BCUT2D eigenvalue weighted by Gasteiger charge is -2.47. The molecule has 0 spiro atoms. The maximum absolute atomic E-state index is 14.8. The quantitative estimate of drug-likeness (QED) is 0.813. The standard InChI is InChI=1S/C20H18FN5O/c1-26-6-5-13-15(8-22)19(25)20(10-23,11-24)18(16(13)9-26)14-7-12(27-2)3-4-17(14)21/h3-5,7,15-16,18,25H,6,9H2,1-2H3/t15?,16-,18-/m1/s1. The van der Waals surface area contributed by atoms with Gasteiger partial charge in [-0.15, -0.1) is 0 Å². The molecule has 27 heavy (non-hydrogen) atoms. The summed E-state index contributed by atoms with van der Waals surface area (Å²) in [4.78, 5) is 1.99. The molecule has 1 unspecified atom stereocenters. The molecule has 6 nitrogen and oxygen atoms in total. The van der Waals surface area contributed by atoms with E-state index in [-0.39, 0.29) is 11.3 Å². The summed E-state index contributed by atoms with van der Waals surface area (Å²) in [5, 5.41) is 38.0. The Labute approximate surface area is 157 Å². The van der Waals surface area contributed by atoms with E-state index in [9.17, 15) is 20.2 Å². The Morgan fingerprint density at radius 2 is 2.00 bits per heavy atom. The maximum atomic E-state index is 14.8. The largest absolute Gasteiger partial charge is 0.497 e. The van der Waals surface area contributed by atoms with E-state index in [0.717, 1.165) is 0 Å². The molecule has 1 aliphatic carbocycles. The smallest absolute Gasteiger partial charge is 0.189 e. The third-order valence-electron chi connectivity index (χ3n) is 5.51. The fraction of sp³-hybridized carbons (Fsp3) is 0.400. The van der Waals surface area contributed by atoms with Crippen LogP contribution in [0.1, 0.15) is 11.5 Å². The first kappa shape index (κ1) is 18.6. The molecule has 3 rings (SSSR count). The molecule has 1 aromatic rings. The molecule has 1 aliphatic heterocycles. The van der Waals surface area contributed by atoms with Gasteiger partial charge < -0.3 is 15.0 Å². The van der Waals surface area contributed by atoms with Crippen LogP contribution in [-0.2, 0) is 0 Å². The molecule has 1 fully saturated rings. The van der Waals surface area contributed by atoms with Gasteiger partial charge in [0.1, 0.15) is 17.5 Å². The van der Waals surface area contributed by atoms with Gasteiger partial charge in [-0.1, -0.05) is 6.08 Å². The molecule has 136 valence electrons. The van der Waals surface area contributed by atoms with E-state index in [1.807, 2.05) is 30.2 Å². The Morgan fingerprint density at radius 3 is 2.59 bits per heavy atom. The van der Waals surface area contributed by atoms with Crippen LogP contribution < -0.4 is 4.74 Å². The van der Waals surface area contributed by atoms with Gasteiger partial charge in [-0.25, -0.2) is 4.39 Å². The van der Waals surface area contributed by atoms with Crippen molar-refractivity contribution < 1.29 is 9.13 Å². The lowest BCUT2D eigenvalue weighted by atomic mass is 9.54. The molecule has 0 saturated heterocycles. The van der Waals surface area contributed by atoms with E-state index in [1.165, 1.54) is 25.3 Å². The number of hydrogen-bond donors (Lipinski definition) is 1. The van der Waals surface area contributed by atoms with Crippen molar-refractivity contribution in [2.75, 3.05) is 27.2 Å². The van der Waals surface area contributed by atoms with Crippen LogP contribution >= 0.6 is 0 Å². The minimum atomic E-state index is -1.92. The number of methoxy groups -OCH3 is 1. The van der Waals surface area contributed by atoms with Crippen molar-refractivity contribution in [3.63, 3.8) is 0 Å². The summed E-state index contributed by atoms with van der Waals surface area (Å²) in [7, 11) is 3.33. The van der Waals surface area contributed by atoms with Gasteiger partial charge in [0.25, 0.3) is 0 Å². The Kier molecular flexibility index (Phi) is 4.70. The summed E-state index contributed by atoms with van der Waals surface area (Å²) >= 11 is 0. The second kappa shape index (κ2) is 6.83. The first-order valence-electron chi connectivity index (χ1n) is 8.46. The Balaban J connectivity index is 2.31. The van der Waals surface area contributed by atoms with Crippen LogP contribution in [0.5, 0.6) is 5.75 Å². The second-order valence-electron chi connectivity index (χ2n) is 6.90. The third-order valence-corrected chi connectivity index (χ3v) is 5.51. The molecule has 0 amide bonds. The summed E-state index contributed by atoms with van der Waals surface area (Å²) in [6, 6.07) is 10.2. The zero-order valence-corrected chi connectivity index (χ0v) is 15.0. The average Bonchev–Trinajstić information content (AvgIpc) is 2.68. The maximum Gasteiger partial charge on any atom is 0.189 e. The van der Waals surface area contributed by atoms with Gasteiger partial charge in [0, 0.05) is 24.9 Å². The monoisotopic (exact) mass is 363 g/mol. The van der Waals surface area contributed by atoms with Gasteiger partial charge in [-0.3, -0.25) is 0 Å². The highest BCUT2D eigenvalue weighted by Crippen LogP contribution is 2.54. The zero-order chi connectivity index (χ0) is 19.8. The molecule has 0 aromatic heterocycles. The van der Waals surface area contributed by atoms with E-state index in [2.05, 4.69) is 6.07 Å². The van der Waals surface area contributed by atoms with Crippen molar-refractivity contribution in [2.24, 2.45) is 17.3 Å². The van der Waals surface area contributed by atoms with Gasteiger partial charge in [0.05, 0.1) is 31.0 Å². The number of benzene rings is 1. The average molecular weight is 363 g/mol. The predicted octanol–water partition coefficient (Wildman–Crippen LogP) is 2.61. The summed E-state index contributed by atoms with van der Waals surface area (Å²) < 4.78 is 20.0. The molecular formula is C20H18FN5O. The van der Waals surface area contributed by atoms with E-state index >= 15 is 0 Å². The van der Waals surface area contributed by atoms with Gasteiger partial charge in [-0.2, -0.15) is 15.8 Å². The minimum Gasteiger partial charge on any atom is -0.497 e. The van der Waals surface area contributed by atoms with Crippen molar-refractivity contribution in [1.82, 2.24) is 4.90 Å². The van der Waals surface area contributed by atoms with Crippen molar-refractivity contribution in [3.05, 3.63) is 41.2 Å². The number of hydrogen-bond acceptors (Lipinski definition) is 6. The normalized spacial score (nSPS) is 26.7. The molecular weight excluding hydrogens is 345 g/mol. The van der Waals surface area contributed by atoms with Gasteiger partial charge in [-0.05, 0) is 36.4 Å². The Morgan fingerprint density at radius 1 is 1.30 bits per heavy atom. The molecule has 1 N–H and O–H groups in total. The van der Waals surface area contributed by atoms with Crippen molar-refractivity contribution >= 4 is 5.71 Å². The lowest BCUT2D eigenvalue weighted by Crippen LogP contribution is -2.52. The number of halogens is 1. The number of ether oxygens (including phenoxy) is 1. The Hall–Kier alpha value is -3.21. The van der Waals surface area contributed by atoms with Crippen molar-refractivity contribution in [2.45, 2.75) is 5.92 Å². The van der Waals surface area contributed by atoms with Crippen molar-refractivity contribution in [1.29, 1.82) is 21.2 Å². The Bertz CT molecular complexity index is 935. The van der Waals surface area contributed by atoms with Crippen LogP contribution in [0.2, 0.25) is 0 Å². The van der Waals surface area contributed by atoms with Gasteiger partial charge >= 0.3 is 0 Å². The topological polar surface area (TPSA) is 108 Å². The summed E-state index contributed by atoms with van der Waals surface area (Å²) in [5.74, 6) is -2.45. The zero-order valence-electron chi connectivity index (χ0n) is 15.0. The van der Waals surface area contributed by atoms with Crippen LogP contribution in [0.4, 0.5) is 4.39 Å². The lowest BCUT2D eigenvalue weighted by molar-refractivity contribution is 0.232. The van der Waals surface area contributed by atoms with Crippen LogP contribution in [-0.4, -0.2) is 37.9 Å². The van der Waals surface area contributed by atoms with E-state index < -0.39 is 29.0 Å². The van der Waals surface area contributed by atoms with Crippen LogP contribution in [0.15, 0.2) is 29.8 Å². The number of nitriles is 3. The van der Waals surface area contributed by atoms with E-state index in [4.69, 9.17) is 10.1 Å². The van der Waals surface area contributed by atoms with Gasteiger partial charge in [0.2, 0.25) is 0 Å². The summed E-state index contributed by atoms with van der Waals surface area (Å²) in [5.41, 5.74) is -1.36. The first-order chi connectivity index (χ1) is 12.9. The van der Waals surface area contributed by atoms with Gasteiger partial charge in [0.15, 0.2) is 5.41 Å². The fourth-order valence-electron chi connectivity index (χ4n) is 4.18. The number of fused-ring (bicyclic) bond motifs is 1. The highest BCUT2D eigenvalue weighted by Gasteiger charge is 2.58. The SMILES string of the molecule is COc1ccc(F)c([C@@H]2[C@@H]3CN(C)CC=C3C(C#N)C(=N)C2(C#N)C#N)c1. The molecule has 1 saturated carbocycles.